The third-order valence-electron chi connectivity index (χ3n) is 9.68. The lowest BCUT2D eigenvalue weighted by atomic mass is 9.48. The van der Waals surface area contributed by atoms with Crippen molar-refractivity contribution < 1.29 is 14.0 Å². The molecule has 5 rings (SSSR count). The van der Waals surface area contributed by atoms with Crippen molar-refractivity contribution in [1.29, 1.82) is 0 Å². The van der Waals surface area contributed by atoms with E-state index < -0.39 is 11.6 Å². The van der Waals surface area contributed by atoms with Crippen LogP contribution in [0.1, 0.15) is 77.2 Å². The summed E-state index contributed by atoms with van der Waals surface area (Å²) in [6.07, 6.45) is 4.88. The van der Waals surface area contributed by atoms with Gasteiger partial charge in [0, 0.05) is 31.5 Å². The van der Waals surface area contributed by atoms with Gasteiger partial charge in [-0.1, -0.05) is 37.5 Å². The molecule has 0 bridgehead atoms. The largest absolute Gasteiger partial charge is 0.388 e. The van der Waals surface area contributed by atoms with E-state index in [2.05, 4.69) is 48.3 Å². The van der Waals surface area contributed by atoms with Crippen molar-refractivity contribution in [1.82, 2.24) is 0 Å². The van der Waals surface area contributed by atoms with Gasteiger partial charge in [-0.25, -0.2) is 4.39 Å². The number of benzene rings is 1. The van der Waals surface area contributed by atoms with Gasteiger partial charge >= 0.3 is 0 Å². The number of allylic oxidation sites excluding steroid dienone is 4. The molecule has 0 heterocycles. The first-order valence-corrected chi connectivity index (χ1v) is 13.2. The zero-order valence-electron chi connectivity index (χ0n) is 21.3. The molecule has 35 heavy (non-hydrogen) atoms. The van der Waals surface area contributed by atoms with Crippen LogP contribution in [0.25, 0.3) is 0 Å². The van der Waals surface area contributed by atoms with Crippen LogP contribution in [0.5, 0.6) is 0 Å². The van der Waals surface area contributed by atoms with Crippen molar-refractivity contribution in [3.8, 4) is 11.8 Å². The van der Waals surface area contributed by atoms with E-state index in [-0.39, 0.29) is 34.7 Å². The minimum absolute atomic E-state index is 0.0349. The molecule has 4 aliphatic rings. The Balaban J connectivity index is 1.73. The zero-order chi connectivity index (χ0) is 25.0. The molecular weight excluding hydrogens is 437 g/mol. The number of anilines is 1. The maximum Gasteiger partial charge on any atom is 0.156 e. The fourth-order valence-corrected chi connectivity index (χ4v) is 8.09. The third-order valence-corrected chi connectivity index (χ3v) is 9.68. The second-order valence-electron chi connectivity index (χ2n) is 11.1. The first kappa shape index (κ1) is 24.0. The van der Waals surface area contributed by atoms with E-state index in [1.165, 1.54) is 11.1 Å². The second kappa shape index (κ2) is 8.77. The highest BCUT2D eigenvalue weighted by atomic mass is 19.1. The Labute approximate surface area is 208 Å². The van der Waals surface area contributed by atoms with E-state index in [0.717, 1.165) is 30.5 Å². The van der Waals surface area contributed by atoms with Gasteiger partial charge in [0.2, 0.25) is 0 Å². The van der Waals surface area contributed by atoms with Crippen molar-refractivity contribution in [3.05, 3.63) is 52.6 Å². The second-order valence-corrected chi connectivity index (χ2v) is 11.1. The first-order chi connectivity index (χ1) is 16.8. The Morgan fingerprint density at radius 2 is 1.97 bits per heavy atom. The van der Waals surface area contributed by atoms with Crippen LogP contribution in [0.3, 0.4) is 0 Å². The third kappa shape index (κ3) is 3.45. The number of hydrogen-bond acceptors (Lipinski definition) is 3. The summed E-state index contributed by atoms with van der Waals surface area (Å²) in [5.41, 5.74) is 4.29. The maximum absolute atomic E-state index is 15.7. The molecule has 0 amide bonds. The summed E-state index contributed by atoms with van der Waals surface area (Å²) in [7, 11) is 1.91. The van der Waals surface area contributed by atoms with Crippen molar-refractivity contribution >= 4 is 17.3 Å². The molecule has 0 aliphatic heterocycles. The molecule has 0 saturated heterocycles. The Bertz CT molecular complexity index is 1180. The summed E-state index contributed by atoms with van der Waals surface area (Å²) in [5.74, 6) is 7.19. The standard InChI is InChI=1S/C31H36FNO2/c1-5-14-31(28(35)6-2)15-13-26-24-17-27(32)23-16-21(34)11-12-22(23)29(24)25(18-30(26,31)3)19-7-9-20(33-4)10-8-19/h7-10,16,24-27,33H,6,11-13,15,17-18H2,1-4H3/t24-,25+,26-,27?,30-,31+/m0/s1. The number of fused-ring (bicyclic) bond motifs is 4. The van der Waals surface area contributed by atoms with Gasteiger partial charge < -0.3 is 5.32 Å². The topological polar surface area (TPSA) is 46.2 Å². The van der Waals surface area contributed by atoms with Gasteiger partial charge in [-0.05, 0) is 91.2 Å². The Hall–Kier alpha value is -2.67. The molecule has 2 saturated carbocycles. The quantitative estimate of drug-likeness (QED) is 0.504. The SMILES string of the molecule is CC#C[C@]1(C(=O)CC)CC[C@H]2[C@@H]3CC(F)C4=CC(=O)CCC4=C3[C@@H](c3ccc(NC)cc3)C[C@@]21C. The minimum Gasteiger partial charge on any atom is -0.388 e. The molecule has 2 fully saturated rings. The predicted molar refractivity (Wildman–Crippen MR) is 138 cm³/mol. The van der Waals surface area contributed by atoms with Crippen molar-refractivity contribution in [2.75, 3.05) is 12.4 Å². The molecule has 1 N–H and O–H groups in total. The molecule has 6 atom stereocenters. The van der Waals surface area contributed by atoms with Gasteiger partial charge in [0.15, 0.2) is 11.6 Å². The number of ketones is 2. The summed E-state index contributed by atoms with van der Waals surface area (Å²) < 4.78 is 15.7. The molecule has 3 nitrogen and oxygen atoms in total. The summed E-state index contributed by atoms with van der Waals surface area (Å²) in [4.78, 5) is 25.8. The molecule has 1 aromatic carbocycles. The Morgan fingerprint density at radius 3 is 2.63 bits per heavy atom. The van der Waals surface area contributed by atoms with Crippen molar-refractivity contribution in [2.24, 2.45) is 22.7 Å². The van der Waals surface area contributed by atoms with Gasteiger partial charge in [-0.15, -0.1) is 5.92 Å². The molecule has 0 spiro atoms. The normalized spacial score (nSPS) is 35.8. The highest BCUT2D eigenvalue weighted by Gasteiger charge is 2.65. The molecule has 4 aliphatic carbocycles. The lowest BCUT2D eigenvalue weighted by Crippen LogP contribution is -2.51. The van der Waals surface area contributed by atoms with E-state index in [1.807, 2.05) is 20.9 Å². The highest BCUT2D eigenvalue weighted by Crippen LogP contribution is 2.70. The number of alkyl halides is 1. The maximum atomic E-state index is 15.7. The number of rotatable bonds is 4. The summed E-state index contributed by atoms with van der Waals surface area (Å²) in [6.45, 7) is 6.04. The lowest BCUT2D eigenvalue weighted by Gasteiger charge is -2.55. The van der Waals surface area contributed by atoms with Crippen LogP contribution < -0.4 is 5.32 Å². The van der Waals surface area contributed by atoms with Gasteiger partial charge in [-0.3, -0.25) is 9.59 Å². The summed E-state index contributed by atoms with van der Waals surface area (Å²) in [5, 5.41) is 3.20. The van der Waals surface area contributed by atoms with E-state index in [1.54, 1.807) is 6.08 Å². The van der Waals surface area contributed by atoms with Gasteiger partial charge in [-0.2, -0.15) is 0 Å². The first-order valence-electron chi connectivity index (χ1n) is 13.2. The molecule has 1 aromatic rings. The minimum atomic E-state index is -1.12. The highest BCUT2D eigenvalue weighted by molar-refractivity contribution is 5.93. The van der Waals surface area contributed by atoms with E-state index >= 15 is 4.39 Å². The van der Waals surface area contributed by atoms with Gasteiger partial charge in [0.25, 0.3) is 0 Å². The predicted octanol–water partition coefficient (Wildman–Crippen LogP) is 6.56. The van der Waals surface area contributed by atoms with Crippen LogP contribution in [-0.2, 0) is 9.59 Å². The molecule has 1 unspecified atom stereocenters. The van der Waals surface area contributed by atoms with Gasteiger partial charge in [0.05, 0.1) is 5.41 Å². The zero-order valence-corrected chi connectivity index (χ0v) is 21.3. The van der Waals surface area contributed by atoms with Crippen LogP contribution in [0.15, 0.2) is 47.1 Å². The Kier molecular flexibility index (Phi) is 6.02. The van der Waals surface area contributed by atoms with Gasteiger partial charge in [0.1, 0.15) is 6.17 Å². The van der Waals surface area contributed by atoms with E-state index in [0.29, 0.717) is 31.3 Å². The average Bonchev–Trinajstić information content (AvgIpc) is 3.16. The number of nitrogens with one attached hydrogen (secondary N) is 1. The average molecular weight is 474 g/mol. The van der Waals surface area contributed by atoms with Crippen molar-refractivity contribution in [3.63, 3.8) is 0 Å². The molecule has 184 valence electrons. The number of halogens is 1. The fraction of sp³-hybridized carbons (Fsp3) is 0.548. The lowest BCUT2D eigenvalue weighted by molar-refractivity contribution is -0.132. The fourth-order valence-electron chi connectivity index (χ4n) is 8.09. The van der Waals surface area contributed by atoms with Crippen LogP contribution in [0, 0.1) is 34.5 Å². The van der Waals surface area contributed by atoms with Crippen molar-refractivity contribution in [2.45, 2.75) is 77.8 Å². The number of Topliss-reactive ketones (excluding diaryl/α,β-unsaturated/α-hetero) is 1. The van der Waals surface area contributed by atoms with E-state index in [9.17, 15) is 9.59 Å². The van der Waals surface area contributed by atoms with Crippen LogP contribution >= 0.6 is 0 Å². The molecule has 0 radical (unpaired) electrons. The number of hydrogen-bond donors (Lipinski definition) is 1. The summed E-state index contributed by atoms with van der Waals surface area (Å²) >= 11 is 0. The number of carbonyl (C=O) groups is 2. The van der Waals surface area contributed by atoms with Crippen LogP contribution in [0.2, 0.25) is 0 Å². The molecule has 4 heteroatoms. The Morgan fingerprint density at radius 1 is 1.23 bits per heavy atom. The van der Waals surface area contributed by atoms with Crippen LogP contribution in [-0.4, -0.2) is 24.8 Å². The van der Waals surface area contributed by atoms with Crippen LogP contribution in [0.4, 0.5) is 10.1 Å². The smallest absolute Gasteiger partial charge is 0.156 e. The monoisotopic (exact) mass is 473 g/mol. The van der Waals surface area contributed by atoms with E-state index in [4.69, 9.17) is 0 Å². The molecular formula is C31H36FNO2. The number of carbonyl (C=O) groups excluding carboxylic acids is 2. The molecule has 0 aromatic heterocycles. The summed E-state index contributed by atoms with van der Waals surface area (Å²) in [6, 6.07) is 8.54.